The van der Waals surface area contributed by atoms with Crippen molar-refractivity contribution in [2.24, 2.45) is 0 Å². The normalized spacial score (nSPS) is 11.4. The van der Waals surface area contributed by atoms with Crippen molar-refractivity contribution in [3.63, 3.8) is 0 Å². The van der Waals surface area contributed by atoms with Crippen molar-refractivity contribution in [1.29, 1.82) is 0 Å². The molecule has 8 nitrogen and oxygen atoms in total. The molecule has 0 fully saturated rings. The van der Waals surface area contributed by atoms with Crippen LogP contribution in [-0.4, -0.2) is 35.4 Å². The average Bonchev–Trinajstić information content (AvgIpc) is 3.36. The summed E-state index contributed by atoms with van der Waals surface area (Å²) in [5.41, 5.74) is -1.56. The number of alkyl halides is 3. The van der Waals surface area contributed by atoms with Gasteiger partial charge >= 0.3 is 12.1 Å². The topological polar surface area (TPSA) is 95.6 Å². The fraction of sp³-hybridized carbons (Fsp3) is 0.250. The predicted octanol–water partition coefficient (Wildman–Crippen LogP) is 4.06. The van der Waals surface area contributed by atoms with Crippen LogP contribution in [0.15, 0.2) is 47.0 Å². The number of carbonyl (C=O) groups is 2. The molecular weight excluding hydrogens is 419 g/mol. The fourth-order valence-electron chi connectivity index (χ4n) is 2.77. The van der Waals surface area contributed by atoms with E-state index in [4.69, 9.17) is 9.15 Å². The van der Waals surface area contributed by atoms with E-state index < -0.39 is 29.3 Å². The number of nitrogens with zero attached hydrogens (tertiary/aromatic N) is 2. The van der Waals surface area contributed by atoms with E-state index in [1.54, 1.807) is 6.07 Å². The van der Waals surface area contributed by atoms with Gasteiger partial charge in [0.05, 0.1) is 18.5 Å². The quantitative estimate of drug-likeness (QED) is 0.560. The maximum atomic E-state index is 13.6. The molecule has 11 heteroatoms. The fourth-order valence-corrected chi connectivity index (χ4v) is 2.77. The van der Waals surface area contributed by atoms with Crippen LogP contribution >= 0.6 is 0 Å². The van der Waals surface area contributed by atoms with Crippen molar-refractivity contribution in [2.75, 3.05) is 19.0 Å². The Morgan fingerprint density at radius 2 is 1.87 bits per heavy atom. The molecule has 1 N–H and O–H groups in total. The molecule has 1 aromatic carbocycles. The monoisotopic (exact) mass is 437 g/mol. The van der Waals surface area contributed by atoms with E-state index >= 15 is 0 Å². The van der Waals surface area contributed by atoms with Gasteiger partial charge in [-0.3, -0.25) is 4.79 Å². The highest BCUT2D eigenvalue weighted by atomic mass is 19.4. The van der Waals surface area contributed by atoms with Crippen molar-refractivity contribution in [3.05, 3.63) is 65.4 Å². The molecule has 0 unspecified atom stereocenters. The summed E-state index contributed by atoms with van der Waals surface area (Å²) in [4.78, 5) is 24.1. The molecule has 0 saturated heterocycles. The number of furan rings is 1. The second kappa shape index (κ2) is 9.04. The molecule has 0 bridgehead atoms. The molecule has 3 aromatic rings. The summed E-state index contributed by atoms with van der Waals surface area (Å²) in [6, 6.07) is 8.53. The van der Waals surface area contributed by atoms with Crippen molar-refractivity contribution in [1.82, 2.24) is 9.78 Å². The third-order valence-corrected chi connectivity index (χ3v) is 4.07. The first kappa shape index (κ1) is 22.1. The van der Waals surface area contributed by atoms with Crippen LogP contribution in [0.5, 0.6) is 0 Å². The van der Waals surface area contributed by atoms with E-state index in [1.807, 2.05) is 0 Å². The lowest BCUT2D eigenvalue weighted by atomic mass is 10.2. The van der Waals surface area contributed by atoms with E-state index in [1.165, 1.54) is 44.4 Å². The number of esters is 1. The molecule has 1 amide bonds. The molecule has 0 radical (unpaired) electrons. The van der Waals surface area contributed by atoms with Crippen LogP contribution in [0.4, 0.5) is 18.9 Å². The molecule has 0 atom stereocenters. The highest BCUT2D eigenvalue weighted by Gasteiger charge is 2.41. The summed E-state index contributed by atoms with van der Waals surface area (Å²) >= 11 is 0. The summed E-state index contributed by atoms with van der Waals surface area (Å²) in [5, 5.41) is 6.27. The second-order valence-electron chi connectivity index (χ2n) is 6.24. The molecule has 2 aromatic heterocycles. The Morgan fingerprint density at radius 1 is 1.16 bits per heavy atom. The Morgan fingerprint density at radius 3 is 2.48 bits per heavy atom. The zero-order valence-corrected chi connectivity index (χ0v) is 16.5. The van der Waals surface area contributed by atoms with Gasteiger partial charge < -0.3 is 19.2 Å². The summed E-state index contributed by atoms with van der Waals surface area (Å²) in [5.74, 6) is -1.12. The molecule has 2 heterocycles. The largest absolute Gasteiger partial charge is 0.462 e. The van der Waals surface area contributed by atoms with E-state index in [0.717, 1.165) is 6.20 Å². The molecule has 0 saturated carbocycles. The van der Waals surface area contributed by atoms with Gasteiger partial charge in [0.15, 0.2) is 11.5 Å². The van der Waals surface area contributed by atoms with E-state index in [0.29, 0.717) is 16.1 Å². The van der Waals surface area contributed by atoms with Crippen LogP contribution in [0.2, 0.25) is 0 Å². The lowest BCUT2D eigenvalue weighted by Crippen LogP contribution is -2.18. The second-order valence-corrected chi connectivity index (χ2v) is 6.24. The van der Waals surface area contributed by atoms with Gasteiger partial charge in [-0.25, -0.2) is 9.48 Å². The zero-order valence-electron chi connectivity index (χ0n) is 16.5. The molecular formula is C20H18F3N3O5. The first-order chi connectivity index (χ1) is 14.7. The third-order valence-electron chi connectivity index (χ3n) is 4.07. The van der Waals surface area contributed by atoms with Gasteiger partial charge in [-0.1, -0.05) is 0 Å². The van der Waals surface area contributed by atoms with E-state index in [9.17, 15) is 22.8 Å². The van der Waals surface area contributed by atoms with Crippen LogP contribution in [0, 0.1) is 0 Å². The Balaban J connectivity index is 1.82. The molecule has 0 aliphatic rings. The number of hydrogen-bond donors (Lipinski definition) is 1. The maximum absolute atomic E-state index is 13.6. The van der Waals surface area contributed by atoms with Gasteiger partial charge in [0.1, 0.15) is 17.9 Å². The molecule has 0 aliphatic carbocycles. The number of halogens is 3. The summed E-state index contributed by atoms with van der Waals surface area (Å²) in [7, 11) is 1.49. The number of carbonyl (C=O) groups excluding carboxylic acids is 2. The summed E-state index contributed by atoms with van der Waals surface area (Å²) < 4.78 is 56.3. The zero-order chi connectivity index (χ0) is 22.6. The maximum Gasteiger partial charge on any atom is 0.434 e. The number of ether oxygens (including phenoxy) is 2. The predicted molar refractivity (Wildman–Crippen MR) is 102 cm³/mol. The lowest BCUT2D eigenvalue weighted by molar-refractivity contribution is -0.143. The van der Waals surface area contributed by atoms with E-state index in [-0.39, 0.29) is 24.7 Å². The van der Waals surface area contributed by atoms with Gasteiger partial charge in [0.2, 0.25) is 0 Å². The van der Waals surface area contributed by atoms with Gasteiger partial charge in [-0.05, 0) is 43.3 Å². The Bertz CT molecular complexity index is 1070. The van der Waals surface area contributed by atoms with Crippen LogP contribution in [0.3, 0.4) is 0 Å². The number of anilines is 1. The Hall–Kier alpha value is -3.60. The smallest absolute Gasteiger partial charge is 0.434 e. The SMILES string of the molecule is CCOC(=O)c1cnn(-c2ccc(NC(=O)c3ccc(COC)o3)cc2)c1C(F)(F)F. The third kappa shape index (κ3) is 4.94. The molecule has 0 aliphatic heterocycles. The van der Waals surface area contributed by atoms with Crippen LogP contribution in [0.1, 0.15) is 39.3 Å². The minimum atomic E-state index is -4.84. The number of rotatable bonds is 7. The van der Waals surface area contributed by atoms with Crippen molar-refractivity contribution in [2.45, 2.75) is 19.7 Å². The van der Waals surface area contributed by atoms with Crippen molar-refractivity contribution >= 4 is 17.6 Å². The Kier molecular flexibility index (Phi) is 6.44. The lowest BCUT2D eigenvalue weighted by Gasteiger charge is -2.13. The van der Waals surface area contributed by atoms with Gasteiger partial charge in [0.25, 0.3) is 5.91 Å². The van der Waals surface area contributed by atoms with E-state index in [2.05, 4.69) is 15.2 Å². The number of methoxy groups -OCH3 is 1. The molecule has 0 spiro atoms. The summed E-state index contributed by atoms with van der Waals surface area (Å²) in [6.07, 6.45) is -4.03. The highest BCUT2D eigenvalue weighted by molar-refractivity contribution is 6.02. The van der Waals surface area contributed by atoms with Crippen LogP contribution in [0.25, 0.3) is 5.69 Å². The molecule has 31 heavy (non-hydrogen) atoms. The van der Waals surface area contributed by atoms with Gasteiger partial charge in [-0.15, -0.1) is 0 Å². The first-order valence-corrected chi connectivity index (χ1v) is 9.06. The number of aromatic nitrogens is 2. The Labute approximate surface area is 174 Å². The van der Waals surface area contributed by atoms with Gasteiger partial charge in [-0.2, -0.15) is 18.3 Å². The molecule has 3 rings (SSSR count). The first-order valence-electron chi connectivity index (χ1n) is 9.06. The highest BCUT2D eigenvalue weighted by Crippen LogP contribution is 2.34. The average molecular weight is 437 g/mol. The standard InChI is InChI=1S/C20H18F3N3O5/c1-3-30-19(28)15-10-24-26(17(15)20(21,22)23)13-6-4-12(5-7-13)25-18(27)16-9-8-14(31-16)11-29-2/h4-10H,3,11H2,1-2H3,(H,25,27). The number of nitrogens with one attached hydrogen (secondary N) is 1. The number of amides is 1. The number of hydrogen-bond acceptors (Lipinski definition) is 6. The molecule has 164 valence electrons. The minimum absolute atomic E-state index is 0.0428. The number of benzene rings is 1. The van der Waals surface area contributed by atoms with Crippen LogP contribution < -0.4 is 5.32 Å². The van der Waals surface area contributed by atoms with Crippen molar-refractivity contribution in [3.8, 4) is 5.69 Å². The van der Waals surface area contributed by atoms with Gasteiger partial charge in [0, 0.05) is 12.8 Å². The van der Waals surface area contributed by atoms with Crippen molar-refractivity contribution < 1.29 is 36.7 Å². The van der Waals surface area contributed by atoms with Crippen LogP contribution in [-0.2, 0) is 22.3 Å². The summed E-state index contributed by atoms with van der Waals surface area (Å²) in [6.45, 7) is 1.63. The minimum Gasteiger partial charge on any atom is -0.462 e.